The van der Waals surface area contributed by atoms with Gasteiger partial charge >= 0.3 is 0 Å². The zero-order valence-electron chi connectivity index (χ0n) is 37.9. The molecule has 0 amide bonds. The molecule has 1 aromatic heterocycles. The lowest BCUT2D eigenvalue weighted by Crippen LogP contribution is -2.36. The molecule has 0 saturated carbocycles. The van der Waals surface area contributed by atoms with Gasteiger partial charge in [0.1, 0.15) is 0 Å². The van der Waals surface area contributed by atoms with Gasteiger partial charge in [-0.3, -0.25) is 4.99 Å². The third-order valence-corrected chi connectivity index (χ3v) is 13.1. The van der Waals surface area contributed by atoms with Gasteiger partial charge in [0, 0.05) is 17.5 Å². The second-order valence-corrected chi connectivity index (χ2v) is 16.9. The summed E-state index contributed by atoms with van der Waals surface area (Å²) in [6, 6.07) is 26.8. The first kappa shape index (κ1) is 43.5. The van der Waals surface area contributed by atoms with Crippen LogP contribution in [0.15, 0.2) is 211 Å². The van der Waals surface area contributed by atoms with Crippen LogP contribution in [0.25, 0.3) is 28.5 Å². The van der Waals surface area contributed by atoms with Crippen LogP contribution >= 0.6 is 0 Å². The molecule has 4 aliphatic rings. The van der Waals surface area contributed by atoms with Crippen molar-refractivity contribution in [3.05, 3.63) is 256 Å². The SMILES string of the molecule is C=CC(=C\C=C/C)/C(=C/C(=C(/C)CC)c1ccc(C/C=C2\c3c(C=N)c4c(n3-c3ccccc3C23C/C=C\C=C/C(=C)c2ccccc23)C=CC=CC4)cc1)/N=C(\C)C1=CCCC=C1. The molecule has 1 unspecified atom stereocenters. The molecule has 4 aromatic rings. The molecule has 1 N–H and O–H groups in total. The number of benzene rings is 3. The van der Waals surface area contributed by atoms with Crippen molar-refractivity contribution in [2.24, 2.45) is 4.99 Å². The number of nitrogens with one attached hydrogen (secondary N) is 1. The molecule has 1 spiro atoms. The fraction of sp³-hybridized carbons (Fsp3) is 0.180. The fourth-order valence-corrected chi connectivity index (χ4v) is 9.70. The van der Waals surface area contributed by atoms with E-state index in [1.807, 2.05) is 19.1 Å². The van der Waals surface area contributed by atoms with E-state index in [1.54, 1.807) is 6.21 Å². The van der Waals surface area contributed by atoms with Crippen molar-refractivity contribution in [2.45, 2.75) is 71.6 Å². The van der Waals surface area contributed by atoms with Crippen molar-refractivity contribution in [3.63, 3.8) is 0 Å². The van der Waals surface area contributed by atoms with Crippen LogP contribution in [-0.2, 0) is 18.3 Å². The van der Waals surface area contributed by atoms with Crippen molar-refractivity contribution in [2.75, 3.05) is 0 Å². The number of aromatic nitrogens is 1. The van der Waals surface area contributed by atoms with Crippen LogP contribution in [0, 0.1) is 5.41 Å². The number of fused-ring (bicyclic) bond motifs is 8. The van der Waals surface area contributed by atoms with Crippen LogP contribution in [0.4, 0.5) is 0 Å². The summed E-state index contributed by atoms with van der Waals surface area (Å²) < 4.78 is 2.43. The van der Waals surface area contributed by atoms with E-state index in [-0.39, 0.29) is 0 Å². The van der Waals surface area contributed by atoms with E-state index < -0.39 is 5.41 Å². The molecule has 3 aliphatic carbocycles. The highest BCUT2D eigenvalue weighted by molar-refractivity contribution is 6.02. The molecule has 2 heterocycles. The van der Waals surface area contributed by atoms with Crippen LogP contribution in [0.1, 0.15) is 104 Å². The Labute approximate surface area is 381 Å². The molecule has 3 nitrogen and oxygen atoms in total. The maximum atomic E-state index is 9.01. The summed E-state index contributed by atoms with van der Waals surface area (Å²) in [6.45, 7) is 17.4. The van der Waals surface area contributed by atoms with E-state index in [4.69, 9.17) is 10.4 Å². The maximum Gasteiger partial charge on any atom is 0.0711 e. The van der Waals surface area contributed by atoms with Gasteiger partial charge < -0.3 is 9.98 Å². The third-order valence-electron chi connectivity index (χ3n) is 13.1. The Morgan fingerprint density at radius 2 is 1.64 bits per heavy atom. The molecule has 3 aromatic carbocycles. The molecule has 64 heavy (non-hydrogen) atoms. The zero-order valence-corrected chi connectivity index (χ0v) is 37.9. The molecule has 0 fully saturated rings. The van der Waals surface area contributed by atoms with E-state index in [0.717, 1.165) is 88.4 Å². The van der Waals surface area contributed by atoms with Gasteiger partial charge in [-0.2, -0.15) is 0 Å². The number of aliphatic imine (C=N–C) groups is 1. The highest BCUT2D eigenvalue weighted by atomic mass is 15.0. The normalized spacial score (nSPS) is 20.3. The van der Waals surface area contributed by atoms with E-state index in [1.165, 1.54) is 44.5 Å². The van der Waals surface area contributed by atoms with Crippen molar-refractivity contribution in [1.29, 1.82) is 5.41 Å². The minimum absolute atomic E-state index is 0.566. The van der Waals surface area contributed by atoms with E-state index in [9.17, 15) is 0 Å². The summed E-state index contributed by atoms with van der Waals surface area (Å²) in [4.78, 5) is 5.27. The van der Waals surface area contributed by atoms with Gasteiger partial charge in [0.05, 0.1) is 28.2 Å². The maximum absolute atomic E-state index is 9.01. The number of nitrogens with zero attached hydrogens (tertiary/aromatic N) is 2. The standard InChI is InChI=1S/C61H59N3/c1-7-10-25-47(9-3)57(63-45(6)48-26-15-11-16-27-48)41-52(43(4)8-2)49-37-34-46(35-38-49)36-39-56-60-53(42-62)51-29-17-12-18-32-58(51)64(60)59-33-22-21-31-55(59)61(56)40-23-13-14-24-44(5)50-28-19-20-30-54(50)61/h7,9-10,12-15,17-28,30-35,37-39,41-42,62H,3,5,8,11,16,29,36,40H2,1-2,4,6H3/b10-7-,23-13-,24-14-,47-25+,52-43+,56-39+,57-41-,62-42?,63-45+. The topological polar surface area (TPSA) is 41.1 Å². The van der Waals surface area contributed by atoms with Crippen LogP contribution in [-0.4, -0.2) is 16.5 Å². The molecule has 0 radical (unpaired) electrons. The average Bonchev–Trinajstić information content (AvgIpc) is 3.48. The fourth-order valence-electron chi connectivity index (χ4n) is 9.70. The number of hydrogen-bond acceptors (Lipinski definition) is 2. The number of allylic oxidation sites excluding steroid dienone is 21. The Hall–Kier alpha value is -7.10. The van der Waals surface area contributed by atoms with Crippen LogP contribution in [0.2, 0.25) is 0 Å². The quantitative estimate of drug-likeness (QED) is 0.116. The lowest BCUT2D eigenvalue weighted by Gasteiger charge is -2.44. The van der Waals surface area contributed by atoms with Gasteiger partial charge in [-0.15, -0.1) is 0 Å². The molecule has 0 saturated heterocycles. The smallest absolute Gasteiger partial charge is 0.0711 e. The summed E-state index contributed by atoms with van der Waals surface area (Å²) in [5.74, 6) is 0. The summed E-state index contributed by atoms with van der Waals surface area (Å²) >= 11 is 0. The Morgan fingerprint density at radius 3 is 2.39 bits per heavy atom. The molecule has 1 atom stereocenters. The van der Waals surface area contributed by atoms with Gasteiger partial charge in [-0.1, -0.05) is 184 Å². The van der Waals surface area contributed by atoms with Crippen LogP contribution < -0.4 is 0 Å². The largest absolute Gasteiger partial charge is 0.309 e. The molecule has 0 bridgehead atoms. The molecule has 318 valence electrons. The van der Waals surface area contributed by atoms with E-state index >= 15 is 0 Å². The second-order valence-electron chi connectivity index (χ2n) is 16.9. The van der Waals surface area contributed by atoms with Gasteiger partial charge in [0.15, 0.2) is 0 Å². The summed E-state index contributed by atoms with van der Waals surface area (Å²) in [6.07, 6.45) is 43.7. The Kier molecular flexibility index (Phi) is 13.3. The van der Waals surface area contributed by atoms with E-state index in [2.05, 4.69) is 202 Å². The molecule has 3 heteroatoms. The molecule has 8 rings (SSSR count). The van der Waals surface area contributed by atoms with Gasteiger partial charge in [-0.05, 0) is 139 Å². The molecular formula is C61H59N3. The van der Waals surface area contributed by atoms with Gasteiger partial charge in [0.25, 0.3) is 0 Å². The van der Waals surface area contributed by atoms with Crippen molar-refractivity contribution in [3.8, 4) is 5.69 Å². The minimum Gasteiger partial charge on any atom is -0.309 e. The Balaban J connectivity index is 1.29. The summed E-state index contributed by atoms with van der Waals surface area (Å²) in [5.41, 5.74) is 19.6. The van der Waals surface area contributed by atoms with Crippen molar-refractivity contribution < 1.29 is 0 Å². The van der Waals surface area contributed by atoms with E-state index in [0.29, 0.717) is 6.42 Å². The highest BCUT2D eigenvalue weighted by Gasteiger charge is 2.47. The lowest BCUT2D eigenvalue weighted by atomic mass is 9.62. The monoisotopic (exact) mass is 833 g/mol. The van der Waals surface area contributed by atoms with Crippen molar-refractivity contribution >= 4 is 34.7 Å². The Bertz CT molecular complexity index is 2890. The zero-order chi connectivity index (χ0) is 44.6. The predicted molar refractivity (Wildman–Crippen MR) is 276 cm³/mol. The third kappa shape index (κ3) is 8.27. The first-order valence-electron chi connectivity index (χ1n) is 22.8. The summed E-state index contributed by atoms with van der Waals surface area (Å²) in [7, 11) is 0. The first-order chi connectivity index (χ1) is 31.3. The first-order valence-corrected chi connectivity index (χ1v) is 22.8. The number of para-hydroxylation sites is 1. The van der Waals surface area contributed by atoms with Gasteiger partial charge in [0.2, 0.25) is 0 Å². The average molecular weight is 834 g/mol. The second kappa shape index (κ2) is 19.5. The van der Waals surface area contributed by atoms with Crippen LogP contribution in [0.3, 0.4) is 0 Å². The van der Waals surface area contributed by atoms with Gasteiger partial charge in [-0.25, -0.2) is 0 Å². The summed E-state index contributed by atoms with van der Waals surface area (Å²) in [5, 5.41) is 9.01. The van der Waals surface area contributed by atoms with Crippen molar-refractivity contribution in [1.82, 2.24) is 4.57 Å². The Morgan fingerprint density at radius 1 is 0.875 bits per heavy atom. The van der Waals surface area contributed by atoms with Crippen LogP contribution in [0.5, 0.6) is 0 Å². The minimum atomic E-state index is -0.566. The predicted octanol–water partition coefficient (Wildman–Crippen LogP) is 15.5. The molecule has 1 aliphatic heterocycles. The highest BCUT2D eigenvalue weighted by Crippen LogP contribution is 2.56. The number of rotatable bonds is 11. The number of hydrogen-bond donors (Lipinski definition) is 1. The molecular weight excluding hydrogens is 775 g/mol. The lowest BCUT2D eigenvalue weighted by molar-refractivity contribution is 0.644.